The second-order valence-corrected chi connectivity index (χ2v) is 4.75. The number of ether oxygens (including phenoxy) is 1. The summed E-state index contributed by atoms with van der Waals surface area (Å²) in [6.45, 7) is 0. The first kappa shape index (κ1) is 11.1. The molecule has 2 nitrogen and oxygen atoms in total. The number of methoxy groups -OCH3 is 1. The Balaban J connectivity index is 1.72. The van der Waals surface area contributed by atoms with E-state index in [0.717, 1.165) is 24.3 Å². The van der Waals surface area contributed by atoms with Crippen molar-refractivity contribution in [3.8, 4) is 5.75 Å². The maximum atomic E-state index is 5.24. The zero-order valence-corrected chi connectivity index (χ0v) is 10.5. The van der Waals surface area contributed by atoms with Gasteiger partial charge in [-0.25, -0.2) is 0 Å². The monoisotopic (exact) mass is 239 g/mol. The van der Waals surface area contributed by atoms with Crippen LogP contribution in [0.1, 0.15) is 11.1 Å². The average Bonchev–Trinajstić information content (AvgIpc) is 2.81. The lowest BCUT2D eigenvalue weighted by molar-refractivity contribution is 0.415. The Kier molecular flexibility index (Phi) is 2.93. The van der Waals surface area contributed by atoms with E-state index >= 15 is 0 Å². The number of hydrogen-bond acceptors (Lipinski definition) is 2. The van der Waals surface area contributed by atoms with Gasteiger partial charge in [-0.3, -0.25) is 0 Å². The molecule has 0 bridgehead atoms. The summed E-state index contributed by atoms with van der Waals surface area (Å²) in [6.07, 6.45) is 2.21. The van der Waals surface area contributed by atoms with Crippen molar-refractivity contribution in [3.63, 3.8) is 0 Å². The number of nitrogens with one attached hydrogen (secondary N) is 1. The highest BCUT2D eigenvalue weighted by Crippen LogP contribution is 2.25. The quantitative estimate of drug-likeness (QED) is 0.887. The van der Waals surface area contributed by atoms with E-state index in [9.17, 15) is 0 Å². The van der Waals surface area contributed by atoms with E-state index < -0.39 is 0 Å². The number of anilines is 1. The van der Waals surface area contributed by atoms with Crippen LogP contribution in [0.25, 0.3) is 0 Å². The van der Waals surface area contributed by atoms with Crippen LogP contribution in [0.15, 0.2) is 48.5 Å². The smallest absolute Gasteiger partial charge is 0.120 e. The zero-order valence-electron chi connectivity index (χ0n) is 10.5. The fraction of sp³-hybridized carbons (Fsp3) is 0.250. The van der Waals surface area contributed by atoms with E-state index in [1.807, 2.05) is 18.2 Å². The molecule has 0 spiro atoms. The maximum Gasteiger partial charge on any atom is 0.120 e. The molecule has 3 rings (SSSR count). The minimum absolute atomic E-state index is 0.495. The van der Waals surface area contributed by atoms with Crippen LogP contribution in [0.5, 0.6) is 5.75 Å². The Morgan fingerprint density at radius 1 is 1.00 bits per heavy atom. The van der Waals surface area contributed by atoms with Crippen molar-refractivity contribution < 1.29 is 4.74 Å². The van der Waals surface area contributed by atoms with Gasteiger partial charge in [-0.15, -0.1) is 0 Å². The molecule has 0 fully saturated rings. The van der Waals surface area contributed by atoms with E-state index in [0.29, 0.717) is 6.04 Å². The molecule has 0 aromatic heterocycles. The summed E-state index contributed by atoms with van der Waals surface area (Å²) in [5, 5.41) is 3.58. The van der Waals surface area contributed by atoms with Gasteiger partial charge in [-0.05, 0) is 36.1 Å². The minimum Gasteiger partial charge on any atom is -0.497 e. The molecule has 0 atom stereocenters. The van der Waals surface area contributed by atoms with Crippen LogP contribution in [0.2, 0.25) is 0 Å². The van der Waals surface area contributed by atoms with Gasteiger partial charge in [0, 0.05) is 17.8 Å². The lowest BCUT2D eigenvalue weighted by Crippen LogP contribution is -2.19. The summed E-state index contributed by atoms with van der Waals surface area (Å²) in [7, 11) is 1.70. The highest BCUT2D eigenvalue weighted by Gasteiger charge is 2.20. The Hall–Kier alpha value is -1.96. The third-order valence-corrected chi connectivity index (χ3v) is 3.49. The largest absolute Gasteiger partial charge is 0.497 e. The average molecular weight is 239 g/mol. The molecular formula is C16H17NO. The normalized spacial score (nSPS) is 14.3. The number of fused-ring (bicyclic) bond motifs is 1. The molecule has 1 aliphatic rings. The van der Waals surface area contributed by atoms with Gasteiger partial charge < -0.3 is 10.1 Å². The van der Waals surface area contributed by atoms with Gasteiger partial charge in [0.05, 0.1) is 7.11 Å². The van der Waals surface area contributed by atoms with Crippen LogP contribution < -0.4 is 10.1 Å². The summed E-state index contributed by atoms with van der Waals surface area (Å²) in [5.74, 6) is 0.899. The van der Waals surface area contributed by atoms with Crippen molar-refractivity contribution in [1.29, 1.82) is 0 Å². The van der Waals surface area contributed by atoms with Gasteiger partial charge in [0.15, 0.2) is 0 Å². The molecule has 0 unspecified atom stereocenters. The van der Waals surface area contributed by atoms with Crippen molar-refractivity contribution in [2.45, 2.75) is 18.9 Å². The molecule has 0 amide bonds. The van der Waals surface area contributed by atoms with Gasteiger partial charge >= 0.3 is 0 Å². The van der Waals surface area contributed by atoms with Gasteiger partial charge in [0.1, 0.15) is 5.75 Å². The minimum atomic E-state index is 0.495. The van der Waals surface area contributed by atoms with E-state index in [1.165, 1.54) is 11.1 Å². The Bertz CT molecular complexity index is 525. The Labute approximate surface area is 108 Å². The molecule has 92 valence electrons. The van der Waals surface area contributed by atoms with Crippen molar-refractivity contribution in [2.24, 2.45) is 0 Å². The van der Waals surface area contributed by atoms with E-state index in [1.54, 1.807) is 7.11 Å². The van der Waals surface area contributed by atoms with Gasteiger partial charge in [0.2, 0.25) is 0 Å². The molecule has 0 aliphatic heterocycles. The fourth-order valence-corrected chi connectivity index (χ4v) is 2.61. The maximum absolute atomic E-state index is 5.24. The van der Waals surface area contributed by atoms with Crippen LogP contribution >= 0.6 is 0 Å². The van der Waals surface area contributed by atoms with E-state index in [4.69, 9.17) is 4.74 Å². The Morgan fingerprint density at radius 3 is 2.39 bits per heavy atom. The second-order valence-electron chi connectivity index (χ2n) is 4.75. The molecule has 1 N–H and O–H groups in total. The van der Waals surface area contributed by atoms with Crippen molar-refractivity contribution in [2.75, 3.05) is 12.4 Å². The van der Waals surface area contributed by atoms with E-state index in [2.05, 4.69) is 35.6 Å². The molecule has 2 heteroatoms. The zero-order chi connectivity index (χ0) is 12.4. The van der Waals surface area contributed by atoms with Crippen LogP contribution in [-0.2, 0) is 12.8 Å². The summed E-state index contributed by atoms with van der Waals surface area (Å²) >= 11 is 0. The topological polar surface area (TPSA) is 21.3 Å². The van der Waals surface area contributed by atoms with Gasteiger partial charge in [0.25, 0.3) is 0 Å². The van der Waals surface area contributed by atoms with Crippen molar-refractivity contribution in [3.05, 3.63) is 59.7 Å². The standard InChI is InChI=1S/C16H17NO/c1-18-16-8-4-7-14(11-16)17-15-9-12-5-2-3-6-13(12)10-15/h2-8,11,15,17H,9-10H2,1H3. The third kappa shape index (κ3) is 2.19. The van der Waals surface area contributed by atoms with Crippen LogP contribution in [0.3, 0.4) is 0 Å². The summed E-state index contributed by atoms with van der Waals surface area (Å²) < 4.78 is 5.24. The first-order chi connectivity index (χ1) is 8.85. The van der Waals surface area contributed by atoms with Crippen molar-refractivity contribution >= 4 is 5.69 Å². The highest BCUT2D eigenvalue weighted by molar-refractivity contribution is 5.50. The summed E-state index contributed by atoms with van der Waals surface area (Å²) in [4.78, 5) is 0. The first-order valence-electron chi connectivity index (χ1n) is 6.32. The summed E-state index contributed by atoms with van der Waals surface area (Å²) in [5.41, 5.74) is 4.07. The lowest BCUT2D eigenvalue weighted by Gasteiger charge is -2.14. The highest BCUT2D eigenvalue weighted by atomic mass is 16.5. The molecular weight excluding hydrogens is 222 g/mol. The Morgan fingerprint density at radius 2 is 1.72 bits per heavy atom. The van der Waals surface area contributed by atoms with Crippen molar-refractivity contribution in [1.82, 2.24) is 0 Å². The molecule has 2 aromatic rings. The molecule has 0 saturated heterocycles. The van der Waals surface area contributed by atoms with Crippen LogP contribution in [0.4, 0.5) is 5.69 Å². The predicted molar refractivity (Wildman–Crippen MR) is 74.3 cm³/mol. The first-order valence-corrected chi connectivity index (χ1v) is 6.32. The molecule has 0 heterocycles. The number of rotatable bonds is 3. The van der Waals surface area contributed by atoms with Gasteiger partial charge in [-0.1, -0.05) is 30.3 Å². The fourth-order valence-electron chi connectivity index (χ4n) is 2.61. The SMILES string of the molecule is COc1cccc(NC2Cc3ccccc3C2)c1. The molecule has 0 saturated carbocycles. The molecule has 2 aromatic carbocycles. The third-order valence-electron chi connectivity index (χ3n) is 3.49. The summed E-state index contributed by atoms with van der Waals surface area (Å²) in [6, 6.07) is 17.3. The van der Waals surface area contributed by atoms with Crippen LogP contribution in [-0.4, -0.2) is 13.2 Å². The molecule has 18 heavy (non-hydrogen) atoms. The number of benzene rings is 2. The predicted octanol–water partition coefficient (Wildman–Crippen LogP) is 3.27. The molecule has 1 aliphatic carbocycles. The van der Waals surface area contributed by atoms with E-state index in [-0.39, 0.29) is 0 Å². The number of hydrogen-bond donors (Lipinski definition) is 1. The second kappa shape index (κ2) is 4.73. The van der Waals surface area contributed by atoms with Crippen LogP contribution in [0, 0.1) is 0 Å². The molecule has 0 radical (unpaired) electrons. The van der Waals surface area contributed by atoms with Gasteiger partial charge in [-0.2, -0.15) is 0 Å². The lowest BCUT2D eigenvalue weighted by atomic mass is 10.1.